The van der Waals surface area contributed by atoms with Gasteiger partial charge in [-0.3, -0.25) is 9.48 Å². The van der Waals surface area contributed by atoms with Gasteiger partial charge in [-0.2, -0.15) is 5.10 Å². The molecular weight excluding hydrogens is 342 g/mol. The molecule has 8 heteroatoms. The minimum Gasteiger partial charge on any atom is -0.322 e. The van der Waals surface area contributed by atoms with Gasteiger partial charge in [-0.1, -0.05) is 18.7 Å². The van der Waals surface area contributed by atoms with Gasteiger partial charge in [0, 0.05) is 17.3 Å². The first kappa shape index (κ1) is 16.9. The number of anilines is 1. The van der Waals surface area contributed by atoms with E-state index in [1.165, 1.54) is 16.6 Å². The fourth-order valence-electron chi connectivity index (χ4n) is 2.44. The number of aromatic nitrogens is 4. The lowest BCUT2D eigenvalue weighted by atomic mass is 10.3. The molecule has 6 nitrogen and oxygen atoms in total. The van der Waals surface area contributed by atoms with E-state index in [0.29, 0.717) is 5.75 Å². The molecule has 0 aliphatic rings. The Morgan fingerprint density at radius 1 is 1.38 bits per heavy atom. The Labute approximate surface area is 148 Å². The van der Waals surface area contributed by atoms with E-state index in [-0.39, 0.29) is 5.91 Å². The van der Waals surface area contributed by atoms with Gasteiger partial charge < -0.3 is 5.32 Å². The van der Waals surface area contributed by atoms with Gasteiger partial charge in [-0.05, 0) is 26.3 Å². The molecule has 3 aromatic rings. The van der Waals surface area contributed by atoms with E-state index in [4.69, 9.17) is 0 Å². The quantitative estimate of drug-likeness (QED) is 0.557. The summed E-state index contributed by atoms with van der Waals surface area (Å²) in [7, 11) is 1.87. The second-order valence-corrected chi connectivity index (χ2v) is 7.55. The largest absolute Gasteiger partial charge is 0.322 e. The Morgan fingerprint density at radius 3 is 2.83 bits per heavy atom. The van der Waals surface area contributed by atoms with Gasteiger partial charge in [-0.25, -0.2) is 9.97 Å². The van der Waals surface area contributed by atoms with Gasteiger partial charge in [0.1, 0.15) is 16.2 Å². The van der Waals surface area contributed by atoms with Crippen LogP contribution >= 0.6 is 23.1 Å². The minimum absolute atomic E-state index is 0.0584. The molecule has 0 unspecified atom stereocenters. The van der Waals surface area contributed by atoms with Crippen LogP contribution in [-0.4, -0.2) is 31.4 Å². The summed E-state index contributed by atoms with van der Waals surface area (Å²) in [6, 6.07) is 2.12. The number of nitrogens with one attached hydrogen (secondary N) is 1. The summed E-state index contributed by atoms with van der Waals surface area (Å²) in [6.07, 6.45) is 2.54. The smallest absolute Gasteiger partial charge is 0.234 e. The number of amides is 1. The third kappa shape index (κ3) is 3.29. The summed E-state index contributed by atoms with van der Waals surface area (Å²) < 4.78 is 1.77. The standard InChI is InChI=1S/C16H19N5OS2/c1-5-11-6-12-15(17-8-18-16(12)24-11)23-7-13(22)19-14-9(2)20-21(4)10(14)3/h6,8H,5,7H2,1-4H3,(H,19,22). The summed E-state index contributed by atoms with van der Waals surface area (Å²) >= 11 is 3.11. The molecule has 3 aromatic heterocycles. The van der Waals surface area contributed by atoms with Crippen LogP contribution in [0.25, 0.3) is 10.2 Å². The number of fused-ring (bicyclic) bond motifs is 1. The molecule has 0 aliphatic heterocycles. The van der Waals surface area contributed by atoms with Crippen LogP contribution in [0, 0.1) is 13.8 Å². The molecule has 0 bridgehead atoms. The number of hydrogen-bond acceptors (Lipinski definition) is 6. The van der Waals surface area contributed by atoms with E-state index in [9.17, 15) is 4.79 Å². The predicted molar refractivity (Wildman–Crippen MR) is 98.8 cm³/mol. The van der Waals surface area contributed by atoms with Crippen molar-refractivity contribution in [1.82, 2.24) is 19.7 Å². The van der Waals surface area contributed by atoms with Crippen molar-refractivity contribution in [3.63, 3.8) is 0 Å². The molecule has 126 valence electrons. The zero-order valence-corrected chi connectivity index (χ0v) is 15.7. The topological polar surface area (TPSA) is 72.7 Å². The monoisotopic (exact) mass is 361 g/mol. The molecule has 0 spiro atoms. The van der Waals surface area contributed by atoms with E-state index in [0.717, 1.165) is 38.7 Å². The van der Waals surface area contributed by atoms with Gasteiger partial charge in [0.2, 0.25) is 5.91 Å². The molecule has 1 N–H and O–H groups in total. The number of thiophene rings is 1. The van der Waals surface area contributed by atoms with Crippen molar-refractivity contribution in [2.24, 2.45) is 7.05 Å². The van der Waals surface area contributed by atoms with Crippen LogP contribution in [-0.2, 0) is 18.3 Å². The molecule has 24 heavy (non-hydrogen) atoms. The van der Waals surface area contributed by atoms with Crippen molar-refractivity contribution < 1.29 is 4.79 Å². The van der Waals surface area contributed by atoms with Crippen LogP contribution in [0.1, 0.15) is 23.2 Å². The second-order valence-electron chi connectivity index (χ2n) is 5.47. The number of aryl methyl sites for hydroxylation is 3. The van der Waals surface area contributed by atoms with E-state index in [1.54, 1.807) is 22.3 Å². The second kappa shape index (κ2) is 6.90. The molecular formula is C16H19N5OS2. The number of nitrogens with zero attached hydrogens (tertiary/aromatic N) is 4. The first-order valence-corrected chi connectivity index (χ1v) is 9.46. The van der Waals surface area contributed by atoms with Crippen LogP contribution < -0.4 is 5.32 Å². The van der Waals surface area contributed by atoms with E-state index < -0.39 is 0 Å². The number of rotatable bonds is 5. The van der Waals surface area contributed by atoms with Crippen LogP contribution in [0.15, 0.2) is 17.4 Å². The van der Waals surface area contributed by atoms with Crippen molar-refractivity contribution in [2.45, 2.75) is 32.2 Å². The number of thioether (sulfide) groups is 1. The molecule has 0 fully saturated rings. The van der Waals surface area contributed by atoms with Crippen LogP contribution in [0.3, 0.4) is 0 Å². The zero-order chi connectivity index (χ0) is 17.3. The highest BCUT2D eigenvalue weighted by Gasteiger charge is 2.14. The highest BCUT2D eigenvalue weighted by molar-refractivity contribution is 8.00. The molecule has 3 rings (SSSR count). The number of carbonyl (C=O) groups excluding carboxylic acids is 1. The van der Waals surface area contributed by atoms with E-state index in [1.807, 2.05) is 20.9 Å². The fourth-order valence-corrected chi connectivity index (χ4v) is 4.21. The molecule has 0 radical (unpaired) electrons. The minimum atomic E-state index is -0.0584. The summed E-state index contributed by atoms with van der Waals surface area (Å²) in [6.45, 7) is 5.95. The summed E-state index contributed by atoms with van der Waals surface area (Å²) in [5.41, 5.74) is 2.56. The van der Waals surface area contributed by atoms with Gasteiger partial charge in [0.05, 0.1) is 22.8 Å². The molecule has 0 aliphatic carbocycles. The molecule has 1 amide bonds. The Balaban J connectivity index is 1.71. The highest BCUT2D eigenvalue weighted by Crippen LogP contribution is 2.31. The average Bonchev–Trinajstić information content (AvgIpc) is 3.09. The van der Waals surface area contributed by atoms with Crippen LogP contribution in [0.5, 0.6) is 0 Å². The van der Waals surface area contributed by atoms with Crippen molar-refractivity contribution in [3.8, 4) is 0 Å². The Bertz CT molecular complexity index is 899. The normalized spacial score (nSPS) is 11.2. The third-order valence-corrected chi connectivity index (χ3v) is 6.00. The Kier molecular flexibility index (Phi) is 4.86. The maximum atomic E-state index is 12.3. The average molecular weight is 361 g/mol. The van der Waals surface area contributed by atoms with Gasteiger partial charge >= 0.3 is 0 Å². The van der Waals surface area contributed by atoms with Crippen molar-refractivity contribution in [1.29, 1.82) is 0 Å². The maximum absolute atomic E-state index is 12.3. The molecule has 0 saturated heterocycles. The predicted octanol–water partition coefficient (Wildman–Crippen LogP) is 3.33. The van der Waals surface area contributed by atoms with Crippen molar-refractivity contribution in [3.05, 3.63) is 28.7 Å². The number of carbonyl (C=O) groups is 1. The first-order valence-electron chi connectivity index (χ1n) is 7.65. The van der Waals surface area contributed by atoms with E-state index in [2.05, 4.69) is 33.4 Å². The Hall–Kier alpha value is -1.93. The lowest BCUT2D eigenvalue weighted by Gasteiger charge is -2.06. The van der Waals surface area contributed by atoms with Crippen LogP contribution in [0.2, 0.25) is 0 Å². The lowest BCUT2D eigenvalue weighted by molar-refractivity contribution is -0.113. The van der Waals surface area contributed by atoms with Crippen LogP contribution in [0.4, 0.5) is 5.69 Å². The first-order chi connectivity index (χ1) is 11.5. The molecule has 0 atom stereocenters. The SMILES string of the molecule is CCc1cc2c(SCC(=O)Nc3c(C)nn(C)c3C)ncnc2s1. The molecule has 0 aromatic carbocycles. The Morgan fingerprint density at radius 2 is 2.17 bits per heavy atom. The van der Waals surface area contributed by atoms with Gasteiger partial charge in [-0.15, -0.1) is 11.3 Å². The third-order valence-electron chi connectivity index (χ3n) is 3.81. The van der Waals surface area contributed by atoms with E-state index >= 15 is 0 Å². The molecule has 0 saturated carbocycles. The zero-order valence-electron chi connectivity index (χ0n) is 14.1. The summed E-state index contributed by atoms with van der Waals surface area (Å²) in [5.74, 6) is 0.244. The van der Waals surface area contributed by atoms with Crippen molar-refractivity contribution >= 4 is 44.9 Å². The summed E-state index contributed by atoms with van der Waals surface area (Å²) in [5, 5.41) is 9.15. The van der Waals surface area contributed by atoms with Gasteiger partial charge in [0.15, 0.2) is 0 Å². The maximum Gasteiger partial charge on any atom is 0.234 e. The molecule has 3 heterocycles. The van der Waals surface area contributed by atoms with Gasteiger partial charge in [0.25, 0.3) is 0 Å². The highest BCUT2D eigenvalue weighted by atomic mass is 32.2. The summed E-state index contributed by atoms with van der Waals surface area (Å²) in [4.78, 5) is 23.2. The number of hydrogen-bond donors (Lipinski definition) is 1. The van der Waals surface area contributed by atoms with Crippen molar-refractivity contribution in [2.75, 3.05) is 11.1 Å². The lowest BCUT2D eigenvalue weighted by Crippen LogP contribution is -2.15. The fraction of sp³-hybridized carbons (Fsp3) is 0.375.